The zero-order valence-corrected chi connectivity index (χ0v) is 21.3. The van der Waals surface area contributed by atoms with Gasteiger partial charge in [-0.3, -0.25) is 28.7 Å². The molecular weight excluding hydrogens is 524 g/mol. The highest BCUT2D eigenvalue weighted by Crippen LogP contribution is 2.53. The largest absolute Gasteiger partial charge is 0.508 e. The molecule has 6 rings (SSSR count). The normalized spacial score (nSPS) is 20.2. The Balaban J connectivity index is 1.40. The third-order valence-corrected chi connectivity index (χ3v) is 9.16. The summed E-state index contributed by atoms with van der Waals surface area (Å²) in [5.74, 6) is -2.32. The van der Waals surface area contributed by atoms with Gasteiger partial charge in [-0.15, -0.1) is 0 Å². The molecule has 2 aromatic carbocycles. The van der Waals surface area contributed by atoms with Crippen LogP contribution in [0.3, 0.4) is 0 Å². The SMILES string of the molecule is O=C(Cn1c2c(sc1=O)[C@H](c1cccnc1)C1C(=O)N(c3ccccc3)C(=O)C1S2)Nc1ccc(O)cc1. The summed E-state index contributed by atoms with van der Waals surface area (Å²) in [6.45, 7) is -0.264. The van der Waals surface area contributed by atoms with E-state index in [2.05, 4.69) is 10.3 Å². The summed E-state index contributed by atoms with van der Waals surface area (Å²) in [5.41, 5.74) is 1.69. The summed E-state index contributed by atoms with van der Waals surface area (Å²) in [6.07, 6.45) is 3.27. The number of carbonyl (C=O) groups excluding carboxylic acids is 3. The molecule has 1 saturated heterocycles. The number of aromatic nitrogens is 2. The van der Waals surface area contributed by atoms with Gasteiger partial charge in [0.25, 0.3) is 0 Å². The van der Waals surface area contributed by atoms with Crippen molar-refractivity contribution in [3.63, 3.8) is 0 Å². The number of nitrogens with one attached hydrogen (secondary N) is 1. The van der Waals surface area contributed by atoms with Crippen molar-refractivity contribution in [2.75, 3.05) is 10.2 Å². The zero-order chi connectivity index (χ0) is 26.4. The number of hydrogen-bond acceptors (Lipinski definition) is 8. The van der Waals surface area contributed by atoms with Crippen LogP contribution in [0.4, 0.5) is 11.4 Å². The minimum Gasteiger partial charge on any atom is -0.508 e. The van der Waals surface area contributed by atoms with Crippen molar-refractivity contribution in [3.8, 4) is 5.75 Å². The molecule has 3 atom stereocenters. The molecule has 0 saturated carbocycles. The van der Waals surface area contributed by atoms with Crippen LogP contribution in [-0.2, 0) is 20.9 Å². The number of fused-ring (bicyclic) bond motifs is 2. The topological polar surface area (TPSA) is 122 Å². The van der Waals surface area contributed by atoms with Gasteiger partial charge in [0.15, 0.2) is 0 Å². The minimum absolute atomic E-state index is 0.0684. The van der Waals surface area contributed by atoms with Crippen LogP contribution in [0.2, 0.25) is 0 Å². The molecule has 3 amide bonds. The van der Waals surface area contributed by atoms with Crippen molar-refractivity contribution in [1.82, 2.24) is 9.55 Å². The summed E-state index contributed by atoms with van der Waals surface area (Å²) in [5, 5.41) is 11.9. The van der Waals surface area contributed by atoms with E-state index in [-0.39, 0.29) is 29.0 Å². The number of thioether (sulfide) groups is 1. The van der Waals surface area contributed by atoms with Crippen LogP contribution in [0.1, 0.15) is 16.4 Å². The van der Waals surface area contributed by atoms with Gasteiger partial charge < -0.3 is 10.4 Å². The first-order chi connectivity index (χ1) is 18.4. The quantitative estimate of drug-likeness (QED) is 0.292. The smallest absolute Gasteiger partial charge is 0.308 e. The molecule has 2 aliphatic rings. The number of rotatable bonds is 5. The van der Waals surface area contributed by atoms with E-state index >= 15 is 0 Å². The molecular formula is C27H20N4O5S2. The minimum atomic E-state index is -0.763. The standard InChI is InChI=1S/C27H20N4O5S2/c32-18-10-8-16(9-11-18)29-19(33)14-30-26-23(38-27(30)36)20(15-5-4-12-28-13-15)21-22(37-26)25(35)31(24(21)34)17-6-2-1-3-7-17/h1-13,20-22,32H,14H2,(H,29,33)/t20-,21?,22?/m1/s1. The fourth-order valence-electron chi connectivity index (χ4n) is 4.89. The van der Waals surface area contributed by atoms with Gasteiger partial charge >= 0.3 is 4.87 Å². The average Bonchev–Trinajstić information content (AvgIpc) is 3.37. The third kappa shape index (κ3) is 4.09. The second-order valence-corrected chi connectivity index (χ2v) is 11.0. The molecule has 0 aliphatic carbocycles. The van der Waals surface area contributed by atoms with Gasteiger partial charge in [0.05, 0.1) is 16.6 Å². The molecule has 4 heterocycles. The number of phenols is 1. The summed E-state index contributed by atoms with van der Waals surface area (Å²) < 4.78 is 1.36. The second kappa shape index (κ2) is 9.58. The van der Waals surface area contributed by atoms with Crippen LogP contribution < -0.4 is 15.1 Å². The predicted octanol–water partition coefficient (Wildman–Crippen LogP) is 3.44. The lowest BCUT2D eigenvalue weighted by Gasteiger charge is -2.30. The first-order valence-electron chi connectivity index (χ1n) is 11.7. The predicted molar refractivity (Wildman–Crippen MR) is 143 cm³/mol. The van der Waals surface area contributed by atoms with E-state index in [0.29, 0.717) is 21.3 Å². The summed E-state index contributed by atoms with van der Waals surface area (Å²) in [7, 11) is 0. The van der Waals surface area contributed by atoms with Gasteiger partial charge in [-0.05, 0) is 48.0 Å². The number of imide groups is 1. The fraction of sp³-hybridized carbons (Fsp3) is 0.148. The molecule has 11 heteroatoms. The summed E-state index contributed by atoms with van der Waals surface area (Å²) in [6, 6.07) is 18.4. The van der Waals surface area contributed by atoms with E-state index in [1.807, 2.05) is 12.1 Å². The van der Waals surface area contributed by atoms with Crippen LogP contribution in [0.25, 0.3) is 0 Å². The van der Waals surface area contributed by atoms with E-state index in [1.165, 1.54) is 21.6 Å². The van der Waals surface area contributed by atoms with Crippen molar-refractivity contribution in [2.24, 2.45) is 5.92 Å². The molecule has 1 fully saturated rings. The van der Waals surface area contributed by atoms with Crippen molar-refractivity contribution in [1.29, 1.82) is 0 Å². The zero-order valence-electron chi connectivity index (χ0n) is 19.7. The van der Waals surface area contributed by atoms with Gasteiger partial charge in [-0.2, -0.15) is 0 Å². The van der Waals surface area contributed by atoms with Crippen LogP contribution >= 0.6 is 23.1 Å². The van der Waals surface area contributed by atoms with Crippen molar-refractivity contribution >= 4 is 52.2 Å². The van der Waals surface area contributed by atoms with Gasteiger partial charge in [-0.1, -0.05) is 47.4 Å². The molecule has 2 unspecified atom stereocenters. The molecule has 38 heavy (non-hydrogen) atoms. The number of para-hydroxylation sites is 1. The highest BCUT2D eigenvalue weighted by molar-refractivity contribution is 8.00. The van der Waals surface area contributed by atoms with Crippen LogP contribution in [0.15, 0.2) is 88.9 Å². The molecule has 190 valence electrons. The molecule has 2 aliphatic heterocycles. The lowest BCUT2D eigenvalue weighted by molar-refractivity contribution is -0.122. The number of aromatic hydroxyl groups is 1. The maximum absolute atomic E-state index is 13.7. The Morgan fingerprint density at radius 2 is 1.74 bits per heavy atom. The Kier molecular flexibility index (Phi) is 6.09. The van der Waals surface area contributed by atoms with Gasteiger partial charge in [-0.25, -0.2) is 4.90 Å². The molecule has 2 N–H and O–H groups in total. The van der Waals surface area contributed by atoms with Gasteiger partial charge in [0.1, 0.15) is 17.5 Å². The number of carbonyl (C=O) groups is 3. The first kappa shape index (κ1) is 24.1. The highest BCUT2D eigenvalue weighted by Gasteiger charge is 2.56. The number of thiazole rings is 1. The van der Waals surface area contributed by atoms with Crippen LogP contribution in [0.5, 0.6) is 5.75 Å². The van der Waals surface area contributed by atoms with E-state index in [0.717, 1.165) is 28.7 Å². The van der Waals surface area contributed by atoms with E-state index < -0.39 is 23.0 Å². The van der Waals surface area contributed by atoms with E-state index in [4.69, 9.17) is 0 Å². The van der Waals surface area contributed by atoms with Crippen LogP contribution in [-0.4, -0.2) is 37.6 Å². The first-order valence-corrected chi connectivity index (χ1v) is 13.4. The Labute approximate surface area is 224 Å². The summed E-state index contributed by atoms with van der Waals surface area (Å²) in [4.78, 5) is 59.1. The monoisotopic (exact) mass is 544 g/mol. The lowest BCUT2D eigenvalue weighted by Crippen LogP contribution is -2.33. The molecule has 0 spiro atoms. The lowest BCUT2D eigenvalue weighted by atomic mass is 9.84. The Morgan fingerprint density at radius 1 is 0.974 bits per heavy atom. The molecule has 4 aromatic rings. The third-order valence-electron chi connectivity index (χ3n) is 6.56. The maximum Gasteiger partial charge on any atom is 0.308 e. The van der Waals surface area contributed by atoms with Gasteiger partial charge in [0.2, 0.25) is 17.7 Å². The van der Waals surface area contributed by atoms with Gasteiger partial charge in [0, 0.05) is 28.9 Å². The molecule has 2 aromatic heterocycles. The van der Waals surface area contributed by atoms with Crippen molar-refractivity contribution in [3.05, 3.63) is 99.2 Å². The van der Waals surface area contributed by atoms with Crippen molar-refractivity contribution in [2.45, 2.75) is 22.7 Å². The average molecular weight is 545 g/mol. The number of benzene rings is 2. The number of nitrogens with zero attached hydrogens (tertiary/aromatic N) is 3. The molecule has 0 radical (unpaired) electrons. The van der Waals surface area contributed by atoms with Crippen LogP contribution in [0, 0.1) is 5.92 Å². The highest BCUT2D eigenvalue weighted by atomic mass is 32.2. The Morgan fingerprint density at radius 3 is 2.45 bits per heavy atom. The van der Waals surface area contributed by atoms with E-state index in [9.17, 15) is 24.3 Å². The molecule has 0 bridgehead atoms. The number of anilines is 2. The Bertz CT molecular complexity index is 1600. The number of pyridine rings is 1. The van der Waals surface area contributed by atoms with E-state index in [1.54, 1.807) is 54.9 Å². The maximum atomic E-state index is 13.7. The number of amides is 3. The number of phenolic OH excluding ortho intramolecular Hbond substituents is 1. The second-order valence-electron chi connectivity index (χ2n) is 8.89. The molecule has 9 nitrogen and oxygen atoms in total. The fourth-order valence-corrected chi connectivity index (χ4v) is 7.67. The Hall–Kier alpha value is -4.22. The number of hydrogen-bond donors (Lipinski definition) is 2. The van der Waals surface area contributed by atoms with Crippen molar-refractivity contribution < 1.29 is 19.5 Å². The summed E-state index contributed by atoms with van der Waals surface area (Å²) >= 11 is 2.14.